The Hall–Kier alpha value is -1.42. The summed E-state index contributed by atoms with van der Waals surface area (Å²) in [6, 6.07) is -0.0900. The van der Waals surface area contributed by atoms with Crippen LogP contribution in [-0.2, 0) is 0 Å². The molecule has 4 nitrogen and oxygen atoms in total. The van der Waals surface area contributed by atoms with Crippen LogP contribution < -0.4 is 5.32 Å². The van der Waals surface area contributed by atoms with Crippen LogP contribution in [0.1, 0.15) is 84.5 Å². The maximum Gasteiger partial charge on any atom is 0.235 e. The van der Waals surface area contributed by atoms with Crippen molar-refractivity contribution in [2.45, 2.75) is 77.8 Å². The van der Waals surface area contributed by atoms with Crippen LogP contribution in [0.3, 0.4) is 0 Å². The van der Waals surface area contributed by atoms with Crippen LogP contribution in [0.25, 0.3) is 0 Å². The lowest BCUT2D eigenvalue weighted by Crippen LogP contribution is -3.03. The van der Waals surface area contributed by atoms with E-state index in [4.69, 9.17) is 0 Å². The molecular weight excluding hydrogens is 312 g/mol. The topological polar surface area (TPSA) is 66.5 Å². The van der Waals surface area contributed by atoms with Crippen molar-refractivity contribution in [1.29, 1.82) is 0 Å². The summed E-state index contributed by atoms with van der Waals surface area (Å²) in [6.45, 7) is 7.39. The number of nitrogens with two attached hydrogens (primary N) is 1. The first-order valence-corrected chi connectivity index (χ1v) is 9.88. The Labute approximate surface area is 150 Å². The van der Waals surface area contributed by atoms with Crippen molar-refractivity contribution >= 4 is 11.6 Å². The van der Waals surface area contributed by atoms with Crippen LogP contribution in [0.5, 0.6) is 0 Å². The van der Waals surface area contributed by atoms with E-state index in [1.807, 2.05) is 20.8 Å². The van der Waals surface area contributed by atoms with E-state index in [9.17, 15) is 9.59 Å². The number of quaternary nitrogens is 1. The van der Waals surface area contributed by atoms with Gasteiger partial charge in [0.05, 0.1) is 11.2 Å². The van der Waals surface area contributed by atoms with Gasteiger partial charge in [0.2, 0.25) is 5.78 Å². The Kier molecular flexibility index (Phi) is 3.95. The Morgan fingerprint density at radius 1 is 1.08 bits per heavy atom. The normalized spacial score (nSPS) is 34.3. The quantitative estimate of drug-likeness (QED) is 0.807. The van der Waals surface area contributed by atoms with Crippen molar-refractivity contribution in [2.75, 3.05) is 0 Å². The van der Waals surface area contributed by atoms with E-state index in [1.165, 1.54) is 38.5 Å². The van der Waals surface area contributed by atoms with Crippen LogP contribution in [0.4, 0.5) is 0 Å². The molecule has 1 heterocycles. The van der Waals surface area contributed by atoms with Gasteiger partial charge in [-0.05, 0) is 70.3 Å². The van der Waals surface area contributed by atoms with Crippen molar-refractivity contribution in [3.05, 3.63) is 22.5 Å². The van der Waals surface area contributed by atoms with E-state index >= 15 is 0 Å². The van der Waals surface area contributed by atoms with Gasteiger partial charge in [-0.2, -0.15) is 0 Å². The molecular formula is C21H31N2O2+. The molecule has 25 heavy (non-hydrogen) atoms. The highest BCUT2D eigenvalue weighted by atomic mass is 16.1. The van der Waals surface area contributed by atoms with E-state index in [2.05, 4.69) is 10.3 Å². The van der Waals surface area contributed by atoms with Gasteiger partial charge >= 0.3 is 0 Å². The molecule has 4 saturated carbocycles. The Balaban J connectivity index is 1.54. The number of hydrogen-bond acceptors (Lipinski definition) is 2. The third kappa shape index (κ3) is 2.79. The fourth-order valence-corrected chi connectivity index (χ4v) is 6.74. The highest BCUT2D eigenvalue weighted by Crippen LogP contribution is 2.54. The number of aromatic amines is 1. The molecule has 4 bridgehead atoms. The number of carbonyl (C=O) groups is 2. The monoisotopic (exact) mass is 343 g/mol. The van der Waals surface area contributed by atoms with Crippen molar-refractivity contribution in [3.8, 4) is 0 Å². The summed E-state index contributed by atoms with van der Waals surface area (Å²) in [5.41, 5.74) is 3.25. The average molecular weight is 343 g/mol. The Bertz CT molecular complexity index is 695. The van der Waals surface area contributed by atoms with Crippen molar-refractivity contribution in [3.63, 3.8) is 0 Å². The number of aryl methyl sites for hydroxylation is 1. The second kappa shape index (κ2) is 5.80. The van der Waals surface area contributed by atoms with Gasteiger partial charge in [0.15, 0.2) is 5.78 Å². The van der Waals surface area contributed by atoms with E-state index in [-0.39, 0.29) is 17.6 Å². The molecule has 3 N–H and O–H groups in total. The van der Waals surface area contributed by atoms with E-state index < -0.39 is 0 Å². The van der Waals surface area contributed by atoms with Gasteiger partial charge in [-0.3, -0.25) is 9.59 Å². The maximum atomic E-state index is 13.1. The summed E-state index contributed by atoms with van der Waals surface area (Å²) in [6.07, 6.45) is 8.14. The van der Waals surface area contributed by atoms with E-state index in [0.29, 0.717) is 16.8 Å². The fourth-order valence-electron chi connectivity index (χ4n) is 6.74. The number of carbonyl (C=O) groups excluding carboxylic acids is 2. The Morgan fingerprint density at radius 2 is 1.60 bits per heavy atom. The molecule has 1 aromatic rings. The number of Topliss-reactive ketones (excluding diaryl/α,β-unsaturated/α-hetero) is 2. The molecule has 5 rings (SSSR count). The first kappa shape index (κ1) is 17.0. The largest absolute Gasteiger partial charge is 0.355 e. The molecule has 0 saturated heterocycles. The highest BCUT2D eigenvalue weighted by molar-refractivity contribution is 6.04. The molecule has 1 aromatic heterocycles. The lowest BCUT2D eigenvalue weighted by molar-refractivity contribution is -0.753. The molecule has 4 aliphatic rings. The molecule has 4 fully saturated rings. The van der Waals surface area contributed by atoms with E-state index in [0.717, 1.165) is 29.0 Å². The van der Waals surface area contributed by atoms with Gasteiger partial charge in [-0.15, -0.1) is 0 Å². The SMILES string of the molecule is CC(=O)c1c(C)[nH]c(C(=O)[C@H](C)[NH2+]C23CC4CC(CC(C4)C2)C3)c1C. The third-order valence-corrected chi connectivity index (χ3v) is 7.14. The summed E-state index contributed by atoms with van der Waals surface area (Å²) < 4.78 is 0. The van der Waals surface area contributed by atoms with Crippen LogP contribution >= 0.6 is 0 Å². The van der Waals surface area contributed by atoms with Crippen LogP contribution in [0.2, 0.25) is 0 Å². The van der Waals surface area contributed by atoms with Crippen LogP contribution in [-0.4, -0.2) is 28.1 Å². The molecule has 0 aliphatic heterocycles. The van der Waals surface area contributed by atoms with Crippen molar-refractivity contribution in [1.82, 2.24) is 4.98 Å². The first-order chi connectivity index (χ1) is 11.8. The van der Waals surface area contributed by atoms with Crippen LogP contribution in [0.15, 0.2) is 0 Å². The molecule has 136 valence electrons. The minimum atomic E-state index is -0.0900. The summed E-state index contributed by atoms with van der Waals surface area (Å²) in [5.74, 6) is 2.85. The second-order valence-corrected chi connectivity index (χ2v) is 9.28. The zero-order chi connectivity index (χ0) is 17.9. The standard InChI is InChI=1S/C21H30N2O2/c1-11-18(14(4)24)12(2)22-19(11)20(25)13(3)23-21-8-15-5-16(9-21)7-17(6-15)10-21/h13,15-17,22-23H,5-10H2,1-4H3/p+1/t13-,15?,16?,17?,21?/m0/s1. The highest BCUT2D eigenvalue weighted by Gasteiger charge is 2.54. The lowest BCUT2D eigenvalue weighted by atomic mass is 9.53. The number of hydrogen-bond donors (Lipinski definition) is 2. The average Bonchev–Trinajstić information content (AvgIpc) is 2.79. The van der Waals surface area contributed by atoms with Gasteiger partial charge in [0, 0.05) is 30.5 Å². The Morgan fingerprint density at radius 3 is 2.04 bits per heavy atom. The first-order valence-electron chi connectivity index (χ1n) is 9.88. The minimum Gasteiger partial charge on any atom is -0.355 e. The van der Waals surface area contributed by atoms with Crippen LogP contribution in [0, 0.1) is 31.6 Å². The number of aromatic nitrogens is 1. The van der Waals surface area contributed by atoms with Crippen molar-refractivity contribution in [2.24, 2.45) is 17.8 Å². The number of rotatable bonds is 5. The third-order valence-electron chi connectivity index (χ3n) is 7.14. The number of ketones is 2. The van der Waals surface area contributed by atoms with Gasteiger partial charge in [0.1, 0.15) is 6.04 Å². The van der Waals surface area contributed by atoms with E-state index in [1.54, 1.807) is 6.92 Å². The molecule has 0 unspecified atom stereocenters. The molecule has 1 atom stereocenters. The summed E-state index contributed by atoms with van der Waals surface area (Å²) in [5, 5.41) is 2.39. The van der Waals surface area contributed by atoms with Gasteiger partial charge in [0.25, 0.3) is 0 Å². The van der Waals surface area contributed by atoms with Crippen molar-refractivity contribution < 1.29 is 14.9 Å². The molecule has 4 heteroatoms. The van der Waals surface area contributed by atoms with Gasteiger partial charge in [-0.25, -0.2) is 0 Å². The maximum absolute atomic E-state index is 13.1. The number of H-pyrrole nitrogens is 1. The summed E-state index contributed by atoms with van der Waals surface area (Å²) >= 11 is 0. The molecule has 0 spiro atoms. The zero-order valence-corrected chi connectivity index (χ0v) is 15.9. The smallest absolute Gasteiger partial charge is 0.235 e. The second-order valence-electron chi connectivity index (χ2n) is 9.28. The fraction of sp³-hybridized carbons (Fsp3) is 0.714. The number of nitrogens with one attached hydrogen (secondary N) is 1. The van der Waals surface area contributed by atoms with Gasteiger partial charge < -0.3 is 10.3 Å². The zero-order valence-electron chi connectivity index (χ0n) is 15.9. The molecule has 0 aromatic carbocycles. The molecule has 0 radical (unpaired) electrons. The molecule has 4 aliphatic carbocycles. The summed E-state index contributed by atoms with van der Waals surface area (Å²) in [7, 11) is 0. The predicted molar refractivity (Wildman–Crippen MR) is 96.9 cm³/mol. The molecule has 0 amide bonds. The summed E-state index contributed by atoms with van der Waals surface area (Å²) in [4.78, 5) is 28.1. The lowest BCUT2D eigenvalue weighted by Gasteiger charge is -2.55. The minimum absolute atomic E-state index is 0.0306. The predicted octanol–water partition coefficient (Wildman–Crippen LogP) is 2.94. The van der Waals surface area contributed by atoms with Gasteiger partial charge in [-0.1, -0.05) is 0 Å².